The molecule has 106 valence electrons. The first-order chi connectivity index (χ1) is 8.99. The smallest absolute Gasteiger partial charge is 0.254 e. The van der Waals surface area contributed by atoms with E-state index >= 15 is 0 Å². The summed E-state index contributed by atoms with van der Waals surface area (Å²) in [6.07, 6.45) is 3.02. The highest BCUT2D eigenvalue weighted by Gasteiger charge is 2.11. The number of aliphatic hydroxyl groups is 1. The molecule has 0 saturated carbocycles. The number of nitrogens with one attached hydrogen (secondary N) is 2. The van der Waals surface area contributed by atoms with E-state index < -0.39 is 6.10 Å². The molecule has 6 heteroatoms. The predicted octanol–water partition coefficient (Wildman–Crippen LogP) is 0.675. The fraction of sp³-hybridized carbons (Fsp3) is 0.538. The second-order valence-electron chi connectivity index (χ2n) is 4.57. The van der Waals surface area contributed by atoms with Gasteiger partial charge in [0.15, 0.2) is 0 Å². The number of hydrogen-bond acceptors (Lipinski definition) is 4. The van der Waals surface area contributed by atoms with Crippen LogP contribution >= 0.6 is 0 Å². The molecule has 0 aromatic carbocycles. The van der Waals surface area contributed by atoms with Gasteiger partial charge in [0, 0.05) is 19.0 Å². The fourth-order valence-electron chi connectivity index (χ4n) is 1.70. The van der Waals surface area contributed by atoms with Crippen LogP contribution in [0, 0.1) is 0 Å². The Balaban J connectivity index is 2.18. The van der Waals surface area contributed by atoms with Crippen molar-refractivity contribution in [3.8, 4) is 0 Å². The maximum absolute atomic E-state index is 11.5. The van der Waals surface area contributed by atoms with E-state index in [1.54, 1.807) is 13.0 Å². The molecule has 0 aliphatic rings. The minimum Gasteiger partial charge on any atom is -0.472 e. The van der Waals surface area contributed by atoms with Crippen LogP contribution in [0.4, 0.5) is 0 Å². The van der Waals surface area contributed by atoms with E-state index in [9.17, 15) is 14.7 Å². The number of furan rings is 1. The SMILES string of the molecule is CC(O)CC(C)NC(=O)CCNC(=O)c1ccoc1. The zero-order valence-electron chi connectivity index (χ0n) is 11.2. The Morgan fingerprint density at radius 1 is 1.42 bits per heavy atom. The fourth-order valence-corrected chi connectivity index (χ4v) is 1.70. The molecule has 0 aliphatic carbocycles. The monoisotopic (exact) mass is 268 g/mol. The van der Waals surface area contributed by atoms with E-state index in [1.165, 1.54) is 12.5 Å². The van der Waals surface area contributed by atoms with Gasteiger partial charge in [-0.3, -0.25) is 9.59 Å². The van der Waals surface area contributed by atoms with E-state index in [4.69, 9.17) is 4.42 Å². The molecule has 2 unspecified atom stereocenters. The number of carbonyl (C=O) groups is 2. The predicted molar refractivity (Wildman–Crippen MR) is 69.6 cm³/mol. The van der Waals surface area contributed by atoms with Crippen molar-refractivity contribution in [2.45, 2.75) is 38.8 Å². The summed E-state index contributed by atoms with van der Waals surface area (Å²) in [4.78, 5) is 23.1. The minimum absolute atomic E-state index is 0.0860. The molecule has 2 atom stereocenters. The number of hydrogen-bond donors (Lipinski definition) is 3. The maximum atomic E-state index is 11.5. The Bertz CT molecular complexity index is 401. The average Bonchev–Trinajstić information content (AvgIpc) is 2.80. The highest BCUT2D eigenvalue weighted by Crippen LogP contribution is 1.99. The normalized spacial score (nSPS) is 13.6. The van der Waals surface area contributed by atoms with E-state index in [0.717, 1.165) is 0 Å². The summed E-state index contributed by atoms with van der Waals surface area (Å²) in [6.45, 7) is 3.76. The third-order valence-electron chi connectivity index (χ3n) is 2.52. The van der Waals surface area contributed by atoms with Gasteiger partial charge in [0.1, 0.15) is 6.26 Å². The molecule has 6 nitrogen and oxygen atoms in total. The topological polar surface area (TPSA) is 91.6 Å². The third kappa shape index (κ3) is 6.05. The van der Waals surface area contributed by atoms with Gasteiger partial charge in [0.05, 0.1) is 17.9 Å². The Labute approximate surface area is 112 Å². The van der Waals surface area contributed by atoms with Crippen LogP contribution < -0.4 is 10.6 Å². The Kier molecular flexibility index (Phi) is 6.08. The quantitative estimate of drug-likeness (QED) is 0.678. The van der Waals surface area contributed by atoms with Gasteiger partial charge < -0.3 is 20.2 Å². The lowest BCUT2D eigenvalue weighted by Crippen LogP contribution is -2.36. The van der Waals surface area contributed by atoms with Crippen LogP contribution in [0.15, 0.2) is 23.0 Å². The second-order valence-corrected chi connectivity index (χ2v) is 4.57. The van der Waals surface area contributed by atoms with Gasteiger partial charge in [-0.1, -0.05) is 0 Å². The van der Waals surface area contributed by atoms with Gasteiger partial charge in [-0.05, 0) is 26.3 Å². The number of carbonyl (C=O) groups excluding carboxylic acids is 2. The molecule has 0 saturated heterocycles. The van der Waals surface area contributed by atoms with Crippen molar-refractivity contribution in [3.05, 3.63) is 24.2 Å². The minimum atomic E-state index is -0.448. The molecule has 0 radical (unpaired) electrons. The average molecular weight is 268 g/mol. The van der Waals surface area contributed by atoms with Crippen molar-refractivity contribution < 1.29 is 19.1 Å². The Morgan fingerprint density at radius 2 is 2.16 bits per heavy atom. The standard InChI is InChI=1S/C13H20N2O4/c1-9(7-10(2)16)15-12(17)3-5-14-13(18)11-4-6-19-8-11/h4,6,8-10,16H,3,5,7H2,1-2H3,(H,14,18)(H,15,17). The molecular weight excluding hydrogens is 248 g/mol. The lowest BCUT2D eigenvalue weighted by Gasteiger charge is -2.15. The molecule has 1 heterocycles. The summed E-state index contributed by atoms with van der Waals surface area (Å²) in [5.74, 6) is -0.417. The molecule has 3 N–H and O–H groups in total. The molecule has 1 aromatic rings. The van der Waals surface area contributed by atoms with Crippen molar-refractivity contribution in [2.75, 3.05) is 6.54 Å². The van der Waals surface area contributed by atoms with Crippen LogP contribution in [0.25, 0.3) is 0 Å². The Morgan fingerprint density at radius 3 is 2.74 bits per heavy atom. The van der Waals surface area contributed by atoms with Crippen LogP contribution in [0.2, 0.25) is 0 Å². The second kappa shape index (κ2) is 7.58. The molecule has 0 fully saturated rings. The van der Waals surface area contributed by atoms with Gasteiger partial charge in [0.2, 0.25) is 5.91 Å². The zero-order valence-corrected chi connectivity index (χ0v) is 11.2. The lowest BCUT2D eigenvalue weighted by atomic mass is 10.1. The van der Waals surface area contributed by atoms with Gasteiger partial charge in [-0.2, -0.15) is 0 Å². The van der Waals surface area contributed by atoms with Gasteiger partial charge >= 0.3 is 0 Å². The Hall–Kier alpha value is -1.82. The first kappa shape index (κ1) is 15.2. The highest BCUT2D eigenvalue weighted by atomic mass is 16.3. The van der Waals surface area contributed by atoms with Crippen molar-refractivity contribution in [3.63, 3.8) is 0 Å². The van der Waals surface area contributed by atoms with Crippen molar-refractivity contribution in [1.29, 1.82) is 0 Å². The summed E-state index contributed by atoms with van der Waals surface area (Å²) in [5.41, 5.74) is 0.433. The summed E-state index contributed by atoms with van der Waals surface area (Å²) in [7, 11) is 0. The summed E-state index contributed by atoms with van der Waals surface area (Å²) < 4.78 is 4.79. The molecular formula is C13H20N2O4. The molecule has 0 aliphatic heterocycles. The molecule has 1 rings (SSSR count). The summed E-state index contributed by atoms with van der Waals surface area (Å²) in [6, 6.07) is 1.47. The van der Waals surface area contributed by atoms with E-state index in [0.29, 0.717) is 12.0 Å². The molecule has 19 heavy (non-hydrogen) atoms. The summed E-state index contributed by atoms with van der Waals surface area (Å²) >= 11 is 0. The summed E-state index contributed by atoms with van der Waals surface area (Å²) in [5, 5.41) is 14.5. The number of amides is 2. The highest BCUT2D eigenvalue weighted by molar-refractivity contribution is 5.94. The van der Waals surface area contributed by atoms with Gasteiger partial charge in [-0.15, -0.1) is 0 Å². The van der Waals surface area contributed by atoms with Crippen LogP contribution in [-0.2, 0) is 4.79 Å². The van der Waals surface area contributed by atoms with Crippen molar-refractivity contribution in [2.24, 2.45) is 0 Å². The van der Waals surface area contributed by atoms with Crippen LogP contribution in [-0.4, -0.2) is 35.6 Å². The van der Waals surface area contributed by atoms with Crippen LogP contribution in [0.5, 0.6) is 0 Å². The number of aliphatic hydroxyl groups excluding tert-OH is 1. The molecule has 1 aromatic heterocycles. The van der Waals surface area contributed by atoms with E-state index in [1.807, 2.05) is 6.92 Å². The number of rotatable bonds is 7. The largest absolute Gasteiger partial charge is 0.472 e. The first-order valence-corrected chi connectivity index (χ1v) is 6.27. The van der Waals surface area contributed by atoms with Crippen LogP contribution in [0.3, 0.4) is 0 Å². The van der Waals surface area contributed by atoms with E-state index in [2.05, 4.69) is 10.6 Å². The van der Waals surface area contributed by atoms with Gasteiger partial charge in [0.25, 0.3) is 5.91 Å². The van der Waals surface area contributed by atoms with Gasteiger partial charge in [-0.25, -0.2) is 0 Å². The van der Waals surface area contributed by atoms with Crippen LogP contribution in [0.1, 0.15) is 37.0 Å². The first-order valence-electron chi connectivity index (χ1n) is 6.27. The van der Waals surface area contributed by atoms with E-state index in [-0.39, 0.29) is 30.8 Å². The maximum Gasteiger partial charge on any atom is 0.254 e. The molecule has 0 bridgehead atoms. The third-order valence-corrected chi connectivity index (χ3v) is 2.52. The van der Waals surface area contributed by atoms with Crippen molar-refractivity contribution in [1.82, 2.24) is 10.6 Å². The lowest BCUT2D eigenvalue weighted by molar-refractivity contribution is -0.121. The zero-order chi connectivity index (χ0) is 14.3. The van der Waals surface area contributed by atoms with Crippen molar-refractivity contribution >= 4 is 11.8 Å². The molecule has 0 spiro atoms. The molecule has 2 amide bonds.